The van der Waals surface area contributed by atoms with E-state index in [1.165, 1.54) is 66.5 Å². The number of benzene rings is 4. The Morgan fingerprint density at radius 2 is 1.08 bits per heavy atom. The van der Waals surface area contributed by atoms with Crippen molar-refractivity contribution < 1.29 is 72.4 Å². The Hall–Kier alpha value is -3.25. The Balaban J connectivity index is 0.00000311. The van der Waals surface area contributed by atoms with E-state index >= 15 is 0 Å². The van der Waals surface area contributed by atoms with E-state index in [1.807, 2.05) is 0 Å². The molecule has 0 spiro atoms. The summed E-state index contributed by atoms with van der Waals surface area (Å²) in [5.74, 6) is 0.00674. The first-order valence-corrected chi connectivity index (χ1v) is 24.6. The molecule has 320 valence electrons. The average molecular weight is 953 g/mol. The van der Waals surface area contributed by atoms with Crippen LogP contribution in [0.1, 0.15) is 141 Å². The van der Waals surface area contributed by atoms with Crippen molar-refractivity contribution >= 4 is 14.4 Å². The van der Waals surface area contributed by atoms with E-state index in [0.717, 1.165) is 47.2 Å². The summed E-state index contributed by atoms with van der Waals surface area (Å²) in [4.78, 5) is 0. The van der Waals surface area contributed by atoms with Gasteiger partial charge in [0.1, 0.15) is 0 Å². The molecule has 8 rings (SSSR count). The molecule has 4 aromatic rings. The maximum atomic E-state index is 14.7. The third-order valence-corrected chi connectivity index (χ3v) is 21.6. The predicted molar refractivity (Wildman–Crippen MR) is 227 cm³/mol. The third-order valence-electron chi connectivity index (χ3n) is 13.1. The van der Waals surface area contributed by atoms with Gasteiger partial charge in [0.05, 0.1) is 0 Å². The van der Waals surface area contributed by atoms with E-state index in [2.05, 4.69) is 118 Å². The molecule has 0 bridgehead atoms. The number of fused-ring (bicyclic) bond motifs is 5. The number of halogens is 8. The maximum absolute atomic E-state index is 14.7. The van der Waals surface area contributed by atoms with Gasteiger partial charge in [-0.05, 0) is 0 Å². The van der Waals surface area contributed by atoms with Crippen LogP contribution < -0.4 is 24.8 Å². The first-order valence-electron chi connectivity index (χ1n) is 20.7. The van der Waals surface area contributed by atoms with E-state index < -0.39 is 44.7 Å². The first kappa shape index (κ1) is 47.2. The molecular weight excluding hydrogens is 901 g/mol. The average Bonchev–Trinajstić information content (AvgIpc) is 3.83. The minimum atomic E-state index is -4.64. The zero-order chi connectivity index (χ0) is 42.8. The summed E-state index contributed by atoms with van der Waals surface area (Å²) >= 11 is -3.90. The smallest absolute Gasteiger partial charge is 1.00 e. The molecule has 0 radical (unpaired) electrons. The summed E-state index contributed by atoms with van der Waals surface area (Å²) in [5.41, 5.74) is 11.2. The number of alkyl halides is 6. The fourth-order valence-corrected chi connectivity index (χ4v) is 19.9. The molecule has 0 aliphatic heterocycles. The van der Waals surface area contributed by atoms with Crippen molar-refractivity contribution in [1.29, 1.82) is 0 Å². The van der Waals surface area contributed by atoms with Gasteiger partial charge in [-0.25, -0.2) is 0 Å². The zero-order valence-corrected chi connectivity index (χ0v) is 40.3. The molecule has 0 aromatic heterocycles. The van der Waals surface area contributed by atoms with Gasteiger partial charge in [0.2, 0.25) is 0 Å². The summed E-state index contributed by atoms with van der Waals surface area (Å²) in [7, 11) is 0. The second-order valence-corrected chi connectivity index (χ2v) is 25.4. The van der Waals surface area contributed by atoms with Crippen molar-refractivity contribution in [2.45, 2.75) is 109 Å². The van der Waals surface area contributed by atoms with E-state index in [9.17, 15) is 26.3 Å². The van der Waals surface area contributed by atoms with E-state index in [-0.39, 0.29) is 50.6 Å². The maximum Gasteiger partial charge on any atom is -1.00 e. The van der Waals surface area contributed by atoms with Gasteiger partial charge in [0, 0.05) is 0 Å². The van der Waals surface area contributed by atoms with Crippen LogP contribution in [0.15, 0.2) is 106 Å². The molecule has 9 heteroatoms. The SMILES string of the molecule is CCCC1C=C(C(C)(C)C)C=[C]1[Zr+2](=[C](c1cccc(C(F)(F)F)c1)c1cccc(C(F)(F)F)c1)[CH]1c2cc3c(cc2-c2cc4c(cc21)C(C)(C)C=C4C)C(C)=CC3(C)C.[Cl-].[Cl-]. The molecule has 0 nitrogen and oxygen atoms in total. The molecule has 0 heterocycles. The molecule has 1 atom stereocenters. The van der Waals surface area contributed by atoms with Gasteiger partial charge < -0.3 is 24.8 Å². The molecule has 4 aliphatic rings. The van der Waals surface area contributed by atoms with Crippen LogP contribution in [-0.4, -0.2) is 3.21 Å². The molecular formula is C52H52Cl2F6Zr. The number of hydrogen-bond donors (Lipinski definition) is 0. The predicted octanol–water partition coefficient (Wildman–Crippen LogP) is 9.36. The van der Waals surface area contributed by atoms with Gasteiger partial charge >= 0.3 is 355 Å². The molecule has 0 saturated heterocycles. The van der Waals surface area contributed by atoms with E-state index in [1.54, 1.807) is 12.1 Å². The van der Waals surface area contributed by atoms with Gasteiger partial charge in [0.25, 0.3) is 0 Å². The van der Waals surface area contributed by atoms with Gasteiger partial charge in [-0.2, -0.15) is 0 Å². The summed E-state index contributed by atoms with van der Waals surface area (Å²) in [6, 6.07) is 20.1. The van der Waals surface area contributed by atoms with Crippen LogP contribution in [0.2, 0.25) is 0 Å². The monoisotopic (exact) mass is 950 g/mol. The molecule has 0 N–H and O–H groups in total. The van der Waals surface area contributed by atoms with Gasteiger partial charge in [-0.1, -0.05) is 0 Å². The van der Waals surface area contributed by atoms with Crippen LogP contribution in [0.5, 0.6) is 0 Å². The molecule has 0 amide bonds. The quantitative estimate of drug-likeness (QED) is 0.169. The Morgan fingerprint density at radius 1 is 0.639 bits per heavy atom. The summed E-state index contributed by atoms with van der Waals surface area (Å²) < 4.78 is 89.8. The van der Waals surface area contributed by atoms with Gasteiger partial charge in [0.15, 0.2) is 0 Å². The number of allylic oxidation sites excluding steroid dienone is 8. The second kappa shape index (κ2) is 16.1. The van der Waals surface area contributed by atoms with Crippen LogP contribution in [0.3, 0.4) is 0 Å². The van der Waals surface area contributed by atoms with Crippen molar-refractivity contribution in [3.63, 3.8) is 0 Å². The Morgan fingerprint density at radius 3 is 1.48 bits per heavy atom. The molecule has 1 unspecified atom stereocenters. The van der Waals surface area contributed by atoms with Crippen LogP contribution in [0.4, 0.5) is 26.3 Å². The van der Waals surface area contributed by atoms with Crippen LogP contribution in [-0.2, 0) is 44.4 Å². The molecule has 61 heavy (non-hydrogen) atoms. The van der Waals surface area contributed by atoms with Crippen molar-refractivity contribution in [1.82, 2.24) is 0 Å². The zero-order valence-electron chi connectivity index (χ0n) is 36.3. The third kappa shape index (κ3) is 8.23. The molecule has 4 aliphatic carbocycles. The number of rotatable bonds is 6. The van der Waals surface area contributed by atoms with Crippen molar-refractivity contribution in [2.24, 2.45) is 11.3 Å². The normalized spacial score (nSPS) is 18.3. The molecule has 0 fully saturated rings. The number of hydrogen-bond acceptors (Lipinski definition) is 0. The largest absolute Gasteiger partial charge is 1.00 e. The van der Waals surface area contributed by atoms with Gasteiger partial charge in [-0.15, -0.1) is 0 Å². The van der Waals surface area contributed by atoms with Crippen molar-refractivity contribution in [3.8, 4) is 11.1 Å². The fraction of sp³-hybridized carbons (Fsp3) is 0.365. The fourth-order valence-electron chi connectivity index (χ4n) is 10.3. The first-order chi connectivity index (χ1) is 27.4. The standard InChI is InChI=1S/C25H25.C15H8F6.C12H19.2ClH.Zr/c1-14-12-24(3,4)22-8-16-7-17-9-23-19(15(2)13-25(23,5)6)11-21(17)20(16)10-18(14)22;16-14(17,18)12-5-1-3-10(8-12)7-11-4-2-6-13(9-11)15(19,20)21;1-5-6-10-7-8-11(9-10)12(2,3)4;;;/h7-13H,1-6H3;1-6,8-9H;8-10H,5-6H2,1-4H3;2*1H;/q;;;;;+2/p-2. The Bertz CT molecular complexity index is 2460. The molecule has 4 aromatic carbocycles. The summed E-state index contributed by atoms with van der Waals surface area (Å²) in [6.07, 6.45) is 1.71. The van der Waals surface area contributed by atoms with E-state index in [0.29, 0.717) is 14.3 Å². The van der Waals surface area contributed by atoms with E-state index in [4.69, 9.17) is 0 Å². The minimum absolute atomic E-state index is 0. The second-order valence-electron chi connectivity index (χ2n) is 19.3. The van der Waals surface area contributed by atoms with Crippen LogP contribution in [0.25, 0.3) is 22.3 Å². The van der Waals surface area contributed by atoms with Gasteiger partial charge in [-0.3, -0.25) is 0 Å². The summed E-state index contributed by atoms with van der Waals surface area (Å²) in [6.45, 7) is 21.9. The van der Waals surface area contributed by atoms with Crippen LogP contribution >= 0.6 is 0 Å². The topological polar surface area (TPSA) is 0 Å². The van der Waals surface area contributed by atoms with Crippen LogP contribution in [0, 0.1) is 11.3 Å². The Kier molecular flexibility index (Phi) is 12.4. The molecule has 0 saturated carbocycles. The Labute approximate surface area is 377 Å². The minimum Gasteiger partial charge on any atom is -1.00 e. The summed E-state index contributed by atoms with van der Waals surface area (Å²) in [5, 5.41) is 0. The van der Waals surface area contributed by atoms with Crippen molar-refractivity contribution in [2.75, 3.05) is 0 Å². The van der Waals surface area contributed by atoms with Crippen molar-refractivity contribution in [3.05, 3.63) is 162 Å².